The lowest BCUT2D eigenvalue weighted by molar-refractivity contribution is 0.482. The van der Waals surface area contributed by atoms with Gasteiger partial charge in [0.05, 0.1) is 0 Å². The van der Waals surface area contributed by atoms with Crippen molar-refractivity contribution in [2.45, 2.75) is 11.4 Å². The Morgan fingerprint density at radius 2 is 1.52 bits per heavy atom. The fraction of sp³-hybridized carbons (Fsp3) is 0.0500. The molecule has 0 aliphatic rings. The number of anilines is 1. The first kappa shape index (κ1) is 19.0. The molecule has 0 spiro atoms. The first-order chi connectivity index (χ1) is 13.1. The number of nitrogens with one attached hydrogen (secondary N) is 2. The van der Waals surface area contributed by atoms with E-state index in [4.69, 9.17) is 17.0 Å². The van der Waals surface area contributed by atoms with Crippen LogP contribution in [0, 0.1) is 0 Å². The van der Waals surface area contributed by atoms with E-state index in [9.17, 15) is 8.76 Å². The second kappa shape index (κ2) is 9.27. The van der Waals surface area contributed by atoms with E-state index in [0.29, 0.717) is 23.2 Å². The number of hydrogen-bond donors (Lipinski definition) is 2. The van der Waals surface area contributed by atoms with Gasteiger partial charge in [-0.15, -0.1) is 0 Å². The summed E-state index contributed by atoms with van der Waals surface area (Å²) in [6.07, 6.45) is 0. The van der Waals surface area contributed by atoms with E-state index in [1.807, 2.05) is 54.6 Å². The van der Waals surface area contributed by atoms with Crippen molar-refractivity contribution >= 4 is 34.1 Å². The van der Waals surface area contributed by atoms with E-state index in [-0.39, 0.29) is 4.90 Å². The predicted octanol–water partition coefficient (Wildman–Crippen LogP) is 4.20. The molecule has 0 heterocycles. The van der Waals surface area contributed by atoms with Crippen molar-refractivity contribution in [3.8, 4) is 11.5 Å². The van der Waals surface area contributed by atoms with Gasteiger partial charge in [0.15, 0.2) is 5.11 Å². The number of rotatable bonds is 6. The second-order valence-corrected chi connectivity index (χ2v) is 6.97. The molecule has 0 fully saturated rings. The van der Waals surface area contributed by atoms with Crippen molar-refractivity contribution in [1.82, 2.24) is 5.32 Å². The summed E-state index contributed by atoms with van der Waals surface area (Å²) in [5.41, 5.74) is 1.99. The quantitative estimate of drug-likeness (QED) is 0.480. The van der Waals surface area contributed by atoms with Gasteiger partial charge >= 0.3 is 0 Å². The van der Waals surface area contributed by atoms with Crippen LogP contribution in [-0.4, -0.2) is 13.9 Å². The first-order valence-corrected chi connectivity index (χ1v) is 9.64. The van der Waals surface area contributed by atoms with Gasteiger partial charge in [-0.3, -0.25) is 4.21 Å². The molecule has 3 aromatic carbocycles. The third kappa shape index (κ3) is 5.89. The molecule has 0 aliphatic carbocycles. The summed E-state index contributed by atoms with van der Waals surface area (Å²) in [4.78, 5) is 0.221. The predicted molar refractivity (Wildman–Crippen MR) is 110 cm³/mol. The van der Waals surface area contributed by atoms with Gasteiger partial charge in [0.25, 0.3) is 0 Å². The van der Waals surface area contributed by atoms with E-state index in [2.05, 4.69) is 10.6 Å². The molecule has 27 heavy (non-hydrogen) atoms. The summed E-state index contributed by atoms with van der Waals surface area (Å²) < 4.78 is 27.4. The van der Waals surface area contributed by atoms with Crippen LogP contribution >= 0.6 is 12.2 Å². The third-order valence-electron chi connectivity index (χ3n) is 3.66. The molecule has 2 N–H and O–H groups in total. The van der Waals surface area contributed by atoms with Gasteiger partial charge in [-0.05, 0) is 77.4 Å². The molecule has 7 heteroatoms. The molecule has 0 bridgehead atoms. The maximum absolute atomic E-state index is 10.9. The van der Waals surface area contributed by atoms with Crippen LogP contribution in [0.2, 0.25) is 0 Å². The minimum atomic E-state index is -2.24. The fourth-order valence-electron chi connectivity index (χ4n) is 2.31. The number of hydrogen-bond acceptors (Lipinski definition) is 4. The molecule has 1 unspecified atom stereocenters. The monoisotopic (exact) mass is 397 g/mol. The van der Waals surface area contributed by atoms with Gasteiger partial charge in [-0.2, -0.15) is 0 Å². The van der Waals surface area contributed by atoms with Crippen molar-refractivity contribution in [3.63, 3.8) is 0 Å². The molecule has 0 aromatic heterocycles. The molecule has 1 atom stereocenters. The molecule has 0 saturated carbocycles. The Kier molecular flexibility index (Phi) is 6.54. The minimum Gasteiger partial charge on any atom is -0.768 e. The summed E-state index contributed by atoms with van der Waals surface area (Å²) in [6.45, 7) is 0.651. The number of benzene rings is 3. The normalized spacial score (nSPS) is 11.4. The minimum absolute atomic E-state index is 0.221. The molecule has 0 radical (unpaired) electrons. The van der Waals surface area contributed by atoms with Gasteiger partial charge in [0.2, 0.25) is 0 Å². The van der Waals surface area contributed by atoms with E-state index < -0.39 is 11.1 Å². The van der Waals surface area contributed by atoms with Crippen LogP contribution in [0.3, 0.4) is 0 Å². The van der Waals surface area contributed by atoms with Gasteiger partial charge in [0, 0.05) is 17.1 Å². The summed E-state index contributed by atoms with van der Waals surface area (Å²) in [5.74, 6) is 1.20. The van der Waals surface area contributed by atoms with Crippen LogP contribution in [-0.2, 0) is 17.6 Å². The van der Waals surface area contributed by atoms with Crippen LogP contribution < -0.4 is 15.4 Å². The summed E-state index contributed by atoms with van der Waals surface area (Å²) in [6, 6.07) is 23.5. The van der Waals surface area contributed by atoms with Gasteiger partial charge in [-0.1, -0.05) is 30.3 Å². The zero-order valence-corrected chi connectivity index (χ0v) is 15.9. The highest BCUT2D eigenvalue weighted by Gasteiger charge is 2.01. The third-order valence-corrected chi connectivity index (χ3v) is 4.56. The van der Waals surface area contributed by atoms with E-state index >= 15 is 0 Å². The molecule has 0 saturated heterocycles. The standard InChI is InChI=1S/C20H18N2O3S2/c23-27(24)19-12-10-18(11-13-19)25-17-8-6-16(7-9-17)22-20(26)21-14-15-4-2-1-3-5-15/h1-13H,14H2,(H,23,24)(H2,21,22,26)/p-1. The fourth-order valence-corrected chi connectivity index (χ4v) is 2.86. The summed E-state index contributed by atoms with van der Waals surface area (Å²) >= 11 is 3.06. The zero-order chi connectivity index (χ0) is 19.1. The highest BCUT2D eigenvalue weighted by molar-refractivity contribution is 7.80. The maximum Gasteiger partial charge on any atom is 0.171 e. The number of thiocarbonyl (C=S) groups is 1. The molecule has 0 amide bonds. The molecule has 3 aromatic rings. The molecule has 5 nitrogen and oxygen atoms in total. The molecular formula is C20H17N2O3S2-. The van der Waals surface area contributed by atoms with Gasteiger partial charge in [-0.25, -0.2) is 0 Å². The Bertz CT molecular complexity index is 914. The summed E-state index contributed by atoms with van der Waals surface area (Å²) in [7, 11) is 0. The first-order valence-electron chi connectivity index (χ1n) is 8.16. The van der Waals surface area contributed by atoms with Gasteiger partial charge in [0.1, 0.15) is 11.5 Å². The maximum atomic E-state index is 10.9. The lowest BCUT2D eigenvalue weighted by atomic mass is 10.2. The van der Waals surface area contributed by atoms with Crippen LogP contribution in [0.4, 0.5) is 5.69 Å². The van der Waals surface area contributed by atoms with E-state index in [1.54, 1.807) is 12.1 Å². The Morgan fingerprint density at radius 3 is 2.11 bits per heavy atom. The highest BCUT2D eigenvalue weighted by Crippen LogP contribution is 2.23. The van der Waals surface area contributed by atoms with Crippen LogP contribution in [0.5, 0.6) is 11.5 Å². The van der Waals surface area contributed by atoms with E-state index in [0.717, 1.165) is 11.3 Å². The summed E-state index contributed by atoms with van der Waals surface area (Å²) in [5, 5.41) is 6.81. The topological polar surface area (TPSA) is 73.4 Å². The van der Waals surface area contributed by atoms with Crippen molar-refractivity contribution in [2.24, 2.45) is 0 Å². The molecule has 0 aliphatic heterocycles. The van der Waals surface area contributed by atoms with Gasteiger partial charge < -0.3 is 19.9 Å². The Balaban J connectivity index is 1.52. The lowest BCUT2D eigenvalue weighted by Gasteiger charge is -2.12. The Hall–Kier alpha value is -2.74. The second-order valence-electron chi connectivity index (χ2n) is 5.63. The van der Waals surface area contributed by atoms with Crippen molar-refractivity contribution < 1.29 is 13.5 Å². The smallest absolute Gasteiger partial charge is 0.171 e. The molecular weight excluding hydrogens is 380 g/mol. The van der Waals surface area contributed by atoms with Crippen molar-refractivity contribution in [2.75, 3.05) is 5.32 Å². The number of ether oxygens (including phenoxy) is 1. The van der Waals surface area contributed by atoms with Crippen molar-refractivity contribution in [1.29, 1.82) is 0 Å². The molecule has 3 rings (SSSR count). The van der Waals surface area contributed by atoms with E-state index in [1.165, 1.54) is 12.1 Å². The SMILES string of the molecule is O=S([O-])c1ccc(Oc2ccc(NC(=S)NCc3ccccc3)cc2)cc1. The average molecular weight is 398 g/mol. The van der Waals surface area contributed by atoms with Crippen LogP contribution in [0.25, 0.3) is 0 Å². The molecule has 138 valence electrons. The van der Waals surface area contributed by atoms with Crippen molar-refractivity contribution in [3.05, 3.63) is 84.4 Å². The average Bonchev–Trinajstić information content (AvgIpc) is 2.69. The Labute approximate surface area is 165 Å². The largest absolute Gasteiger partial charge is 0.768 e. The van der Waals surface area contributed by atoms with Crippen LogP contribution in [0.15, 0.2) is 83.8 Å². The highest BCUT2D eigenvalue weighted by atomic mass is 32.2. The zero-order valence-electron chi connectivity index (χ0n) is 14.3. The Morgan fingerprint density at radius 1 is 0.926 bits per heavy atom. The lowest BCUT2D eigenvalue weighted by Crippen LogP contribution is -2.27. The van der Waals surface area contributed by atoms with Crippen LogP contribution in [0.1, 0.15) is 5.56 Å².